The number of thioether (sulfide) groups is 1. The normalized spacial score (nSPS) is 21.6. The van der Waals surface area contributed by atoms with Gasteiger partial charge in [-0.3, -0.25) is 9.59 Å². The van der Waals surface area contributed by atoms with Crippen molar-refractivity contribution in [2.45, 2.75) is 33.1 Å². The number of hydrogen-bond donors (Lipinski definition) is 2. The first-order valence-corrected chi connectivity index (χ1v) is 11.2. The molecule has 2 heterocycles. The molecule has 148 valence electrons. The Labute approximate surface area is 166 Å². The van der Waals surface area contributed by atoms with Crippen molar-refractivity contribution in [1.29, 1.82) is 0 Å². The van der Waals surface area contributed by atoms with Crippen LogP contribution in [0.5, 0.6) is 0 Å². The van der Waals surface area contributed by atoms with Gasteiger partial charge in [0.2, 0.25) is 5.91 Å². The number of piperidine rings is 1. The van der Waals surface area contributed by atoms with Crippen LogP contribution in [0.15, 0.2) is 18.2 Å². The fraction of sp³-hybridized carbons (Fsp3) is 0.619. The number of hydrogen-bond acceptors (Lipinski definition) is 4. The van der Waals surface area contributed by atoms with Gasteiger partial charge in [0.1, 0.15) is 0 Å². The van der Waals surface area contributed by atoms with Crippen LogP contribution in [-0.2, 0) is 4.79 Å². The summed E-state index contributed by atoms with van der Waals surface area (Å²) in [5, 5.41) is 6.47. The average Bonchev–Trinajstić information content (AvgIpc) is 2.70. The quantitative estimate of drug-likeness (QED) is 0.812. The van der Waals surface area contributed by atoms with Crippen molar-refractivity contribution < 1.29 is 9.59 Å². The van der Waals surface area contributed by atoms with Crippen LogP contribution < -0.4 is 10.6 Å². The molecule has 2 unspecified atom stereocenters. The van der Waals surface area contributed by atoms with Crippen molar-refractivity contribution in [2.24, 2.45) is 11.8 Å². The first kappa shape index (κ1) is 20.2. The summed E-state index contributed by atoms with van der Waals surface area (Å²) in [6.07, 6.45) is 2.90. The number of benzene rings is 1. The molecule has 0 radical (unpaired) electrons. The van der Waals surface area contributed by atoms with E-state index in [1.165, 1.54) is 12.8 Å². The summed E-state index contributed by atoms with van der Waals surface area (Å²) in [7, 11) is 0. The van der Waals surface area contributed by atoms with E-state index >= 15 is 0 Å². The van der Waals surface area contributed by atoms with Gasteiger partial charge in [-0.2, -0.15) is 11.8 Å². The minimum atomic E-state index is 0.0372. The van der Waals surface area contributed by atoms with E-state index in [4.69, 9.17) is 0 Å². The van der Waals surface area contributed by atoms with E-state index in [0.29, 0.717) is 23.8 Å². The van der Waals surface area contributed by atoms with Crippen LogP contribution in [0.1, 0.15) is 42.1 Å². The van der Waals surface area contributed by atoms with Gasteiger partial charge in [-0.1, -0.05) is 13.0 Å². The number of carbonyl (C=O) groups is 2. The van der Waals surface area contributed by atoms with E-state index in [2.05, 4.69) is 17.6 Å². The summed E-state index contributed by atoms with van der Waals surface area (Å²) in [5.41, 5.74) is 2.32. The Morgan fingerprint density at radius 3 is 2.81 bits per heavy atom. The molecular formula is C21H31N3O2S. The van der Waals surface area contributed by atoms with Gasteiger partial charge in [-0.25, -0.2) is 0 Å². The van der Waals surface area contributed by atoms with Crippen LogP contribution in [0, 0.1) is 18.8 Å². The number of nitrogens with zero attached hydrogens (tertiary/aromatic N) is 1. The standard InChI is InChI=1S/C21H31N3O2S/c1-15(17-5-4-8-22-14-17)13-20(25)23-19-7-3-6-18(16(19)2)21(26)24-9-11-27-12-10-24/h3,6-7,15,17,22H,4-5,8-14H2,1-2H3,(H,23,25). The second-order valence-electron chi connectivity index (χ2n) is 7.72. The predicted molar refractivity (Wildman–Crippen MR) is 112 cm³/mol. The first-order chi connectivity index (χ1) is 13.1. The minimum absolute atomic E-state index is 0.0372. The zero-order valence-electron chi connectivity index (χ0n) is 16.4. The van der Waals surface area contributed by atoms with Gasteiger partial charge in [0.15, 0.2) is 0 Å². The van der Waals surface area contributed by atoms with Crippen molar-refractivity contribution in [3.8, 4) is 0 Å². The van der Waals surface area contributed by atoms with Crippen LogP contribution in [0.3, 0.4) is 0 Å². The Hall–Kier alpha value is -1.53. The number of amides is 2. The molecule has 2 N–H and O–H groups in total. The van der Waals surface area contributed by atoms with Crippen molar-refractivity contribution in [2.75, 3.05) is 43.0 Å². The van der Waals surface area contributed by atoms with Gasteiger partial charge < -0.3 is 15.5 Å². The summed E-state index contributed by atoms with van der Waals surface area (Å²) >= 11 is 1.89. The van der Waals surface area contributed by atoms with Crippen LogP contribution in [0.25, 0.3) is 0 Å². The molecule has 0 aliphatic carbocycles. The van der Waals surface area contributed by atoms with Gasteiger partial charge in [0.05, 0.1) is 0 Å². The highest BCUT2D eigenvalue weighted by molar-refractivity contribution is 7.99. The van der Waals surface area contributed by atoms with E-state index in [-0.39, 0.29) is 11.8 Å². The highest BCUT2D eigenvalue weighted by Crippen LogP contribution is 2.25. The van der Waals surface area contributed by atoms with Crippen LogP contribution in [0.2, 0.25) is 0 Å². The summed E-state index contributed by atoms with van der Waals surface area (Å²) in [6.45, 7) is 7.78. The lowest BCUT2D eigenvalue weighted by molar-refractivity contribution is -0.117. The Kier molecular flexibility index (Phi) is 7.19. The third kappa shape index (κ3) is 5.26. The zero-order chi connectivity index (χ0) is 19.2. The largest absolute Gasteiger partial charge is 0.337 e. The van der Waals surface area contributed by atoms with Gasteiger partial charge >= 0.3 is 0 Å². The molecule has 0 saturated carbocycles. The molecule has 2 aliphatic heterocycles. The van der Waals surface area contributed by atoms with E-state index in [1.807, 2.05) is 41.8 Å². The third-order valence-electron chi connectivity index (χ3n) is 5.78. The number of anilines is 1. The average molecular weight is 390 g/mol. The molecule has 0 bridgehead atoms. The molecule has 2 aliphatic rings. The second kappa shape index (κ2) is 9.60. The predicted octanol–water partition coefficient (Wildman–Crippen LogP) is 3.15. The molecule has 2 atom stereocenters. The number of nitrogens with one attached hydrogen (secondary N) is 2. The van der Waals surface area contributed by atoms with Gasteiger partial charge in [0.25, 0.3) is 5.91 Å². The SMILES string of the molecule is Cc1c(NC(=O)CC(C)C2CCCNC2)cccc1C(=O)N1CCSCC1. The molecule has 0 aromatic heterocycles. The molecule has 6 heteroatoms. The second-order valence-corrected chi connectivity index (χ2v) is 8.94. The molecule has 1 aromatic carbocycles. The summed E-state index contributed by atoms with van der Waals surface area (Å²) in [4.78, 5) is 27.3. The molecular weight excluding hydrogens is 358 g/mol. The lowest BCUT2D eigenvalue weighted by Gasteiger charge is -2.28. The van der Waals surface area contributed by atoms with Crippen molar-refractivity contribution in [1.82, 2.24) is 10.2 Å². The maximum atomic E-state index is 12.8. The summed E-state index contributed by atoms with van der Waals surface area (Å²) in [5.74, 6) is 3.02. The molecule has 0 spiro atoms. The molecule has 27 heavy (non-hydrogen) atoms. The van der Waals surface area contributed by atoms with Gasteiger partial charge in [-0.05, 0) is 62.4 Å². The van der Waals surface area contributed by atoms with Crippen molar-refractivity contribution in [3.05, 3.63) is 29.3 Å². The summed E-state index contributed by atoms with van der Waals surface area (Å²) in [6, 6.07) is 5.62. The molecule has 2 amide bonds. The molecule has 5 nitrogen and oxygen atoms in total. The Morgan fingerprint density at radius 1 is 1.33 bits per heavy atom. The smallest absolute Gasteiger partial charge is 0.254 e. The monoisotopic (exact) mass is 389 g/mol. The first-order valence-electron chi connectivity index (χ1n) is 10.0. The van der Waals surface area contributed by atoms with Crippen LogP contribution in [-0.4, -0.2) is 54.4 Å². The van der Waals surface area contributed by atoms with Crippen molar-refractivity contribution in [3.63, 3.8) is 0 Å². The fourth-order valence-electron chi connectivity index (χ4n) is 3.96. The van der Waals surface area contributed by atoms with E-state index in [1.54, 1.807) is 0 Å². The van der Waals surface area contributed by atoms with Gasteiger partial charge in [-0.15, -0.1) is 0 Å². The Balaban J connectivity index is 1.62. The topological polar surface area (TPSA) is 61.4 Å². The summed E-state index contributed by atoms with van der Waals surface area (Å²) < 4.78 is 0. The van der Waals surface area contributed by atoms with E-state index < -0.39 is 0 Å². The molecule has 2 saturated heterocycles. The Bertz CT molecular complexity index is 667. The van der Waals surface area contributed by atoms with E-state index in [9.17, 15) is 9.59 Å². The van der Waals surface area contributed by atoms with Crippen LogP contribution in [0.4, 0.5) is 5.69 Å². The molecule has 1 aromatic rings. The molecule has 3 rings (SSSR count). The fourth-order valence-corrected chi connectivity index (χ4v) is 4.87. The van der Waals surface area contributed by atoms with Gasteiger partial charge in [0, 0.05) is 42.3 Å². The van der Waals surface area contributed by atoms with E-state index in [0.717, 1.165) is 48.9 Å². The minimum Gasteiger partial charge on any atom is -0.337 e. The maximum Gasteiger partial charge on any atom is 0.254 e. The zero-order valence-corrected chi connectivity index (χ0v) is 17.2. The number of rotatable bonds is 5. The number of carbonyl (C=O) groups excluding carboxylic acids is 2. The highest BCUT2D eigenvalue weighted by atomic mass is 32.2. The Morgan fingerprint density at radius 2 is 2.11 bits per heavy atom. The third-order valence-corrected chi connectivity index (χ3v) is 6.73. The lowest BCUT2D eigenvalue weighted by atomic mass is 9.85. The highest BCUT2D eigenvalue weighted by Gasteiger charge is 2.24. The lowest BCUT2D eigenvalue weighted by Crippen LogP contribution is -2.38. The van der Waals surface area contributed by atoms with Crippen LogP contribution >= 0.6 is 11.8 Å². The van der Waals surface area contributed by atoms with Crippen molar-refractivity contribution >= 4 is 29.3 Å². The molecule has 2 fully saturated rings. The maximum absolute atomic E-state index is 12.8.